The largest absolute Gasteiger partial charge is 0.487 e. The lowest BCUT2D eigenvalue weighted by Crippen LogP contribution is -2.14. The SMILES string of the molecule is CCOc1ccc(C(=O)Nc2ccsc2C(=O)OC)cc1[N+](=O)[O-]. The maximum absolute atomic E-state index is 12.3. The average molecular weight is 350 g/mol. The number of ether oxygens (including phenoxy) is 2. The Morgan fingerprint density at radius 3 is 2.71 bits per heavy atom. The van der Waals surface area contributed by atoms with E-state index in [0.29, 0.717) is 0 Å². The second-order valence-corrected chi connectivity index (χ2v) is 5.40. The first kappa shape index (κ1) is 17.4. The molecule has 9 heteroatoms. The summed E-state index contributed by atoms with van der Waals surface area (Å²) in [7, 11) is 1.24. The van der Waals surface area contributed by atoms with Gasteiger partial charge < -0.3 is 14.8 Å². The van der Waals surface area contributed by atoms with E-state index in [4.69, 9.17) is 4.74 Å². The molecule has 24 heavy (non-hydrogen) atoms. The molecule has 1 amide bonds. The number of nitro groups is 1. The monoisotopic (exact) mass is 350 g/mol. The molecule has 1 heterocycles. The second-order valence-electron chi connectivity index (χ2n) is 4.48. The predicted octanol–water partition coefficient (Wildman–Crippen LogP) is 3.09. The number of carbonyl (C=O) groups is 2. The van der Waals surface area contributed by atoms with Gasteiger partial charge in [-0.1, -0.05) is 0 Å². The van der Waals surface area contributed by atoms with Crippen LogP contribution in [-0.2, 0) is 4.74 Å². The Morgan fingerprint density at radius 1 is 1.33 bits per heavy atom. The molecule has 0 spiro atoms. The standard InChI is InChI=1S/C15H14N2O6S/c1-3-23-12-5-4-9(8-11(12)17(20)21)14(18)16-10-6-7-24-13(10)15(19)22-2/h4-8H,3H2,1-2H3,(H,16,18). The molecular weight excluding hydrogens is 336 g/mol. The summed E-state index contributed by atoms with van der Waals surface area (Å²) in [5, 5.41) is 15.3. The van der Waals surface area contributed by atoms with Crippen LogP contribution >= 0.6 is 11.3 Å². The molecule has 0 aliphatic rings. The predicted molar refractivity (Wildman–Crippen MR) is 87.9 cm³/mol. The molecular formula is C15H14N2O6S. The number of benzene rings is 1. The number of thiophene rings is 1. The number of hydrogen-bond acceptors (Lipinski definition) is 7. The van der Waals surface area contributed by atoms with Crippen LogP contribution in [-0.4, -0.2) is 30.5 Å². The Balaban J connectivity index is 2.27. The van der Waals surface area contributed by atoms with Crippen molar-refractivity contribution in [3.63, 3.8) is 0 Å². The lowest BCUT2D eigenvalue weighted by atomic mass is 10.1. The summed E-state index contributed by atoms with van der Waals surface area (Å²) in [5.41, 5.74) is 0.0589. The van der Waals surface area contributed by atoms with E-state index >= 15 is 0 Å². The zero-order chi connectivity index (χ0) is 17.7. The van der Waals surface area contributed by atoms with Gasteiger partial charge in [-0.2, -0.15) is 0 Å². The van der Waals surface area contributed by atoms with Crippen LogP contribution in [0.5, 0.6) is 5.75 Å². The number of nitrogens with zero attached hydrogens (tertiary/aromatic N) is 1. The molecule has 8 nitrogen and oxygen atoms in total. The summed E-state index contributed by atoms with van der Waals surface area (Å²) in [6, 6.07) is 5.46. The number of rotatable bonds is 6. The zero-order valence-electron chi connectivity index (χ0n) is 12.9. The van der Waals surface area contributed by atoms with Crippen molar-refractivity contribution in [2.45, 2.75) is 6.92 Å². The fraction of sp³-hybridized carbons (Fsp3) is 0.200. The maximum atomic E-state index is 12.3. The first-order valence-electron chi connectivity index (χ1n) is 6.86. The third-order valence-electron chi connectivity index (χ3n) is 3.00. The molecule has 0 aliphatic carbocycles. The Kier molecular flexibility index (Phi) is 5.48. The second kappa shape index (κ2) is 7.55. The summed E-state index contributed by atoms with van der Waals surface area (Å²) in [6.07, 6.45) is 0. The van der Waals surface area contributed by atoms with Gasteiger partial charge in [0.25, 0.3) is 5.91 Å². The smallest absolute Gasteiger partial charge is 0.350 e. The first-order chi connectivity index (χ1) is 11.5. The molecule has 0 bridgehead atoms. The van der Waals surface area contributed by atoms with Gasteiger partial charge in [-0.05, 0) is 30.5 Å². The highest BCUT2D eigenvalue weighted by atomic mass is 32.1. The van der Waals surface area contributed by atoms with Gasteiger partial charge in [0.05, 0.1) is 24.3 Å². The Morgan fingerprint density at radius 2 is 2.08 bits per heavy atom. The average Bonchev–Trinajstić information content (AvgIpc) is 3.02. The summed E-state index contributed by atoms with van der Waals surface area (Å²) in [6.45, 7) is 1.97. The van der Waals surface area contributed by atoms with Crippen LogP contribution < -0.4 is 10.1 Å². The van der Waals surface area contributed by atoms with Crippen LogP contribution in [0.2, 0.25) is 0 Å². The van der Waals surface area contributed by atoms with E-state index in [1.54, 1.807) is 18.4 Å². The highest BCUT2D eigenvalue weighted by Gasteiger charge is 2.20. The topological polar surface area (TPSA) is 108 Å². The number of carbonyl (C=O) groups excluding carboxylic acids is 2. The van der Waals surface area contributed by atoms with Gasteiger partial charge in [0.15, 0.2) is 5.75 Å². The summed E-state index contributed by atoms with van der Waals surface area (Å²) < 4.78 is 9.80. The lowest BCUT2D eigenvalue weighted by molar-refractivity contribution is -0.385. The van der Waals surface area contributed by atoms with E-state index in [9.17, 15) is 19.7 Å². The molecule has 0 radical (unpaired) electrons. The van der Waals surface area contributed by atoms with Gasteiger partial charge in [0.2, 0.25) is 0 Å². The van der Waals surface area contributed by atoms with Gasteiger partial charge >= 0.3 is 11.7 Å². The van der Waals surface area contributed by atoms with E-state index in [2.05, 4.69) is 10.1 Å². The van der Waals surface area contributed by atoms with Crippen molar-refractivity contribution in [3.05, 3.63) is 50.2 Å². The molecule has 0 atom stereocenters. The van der Waals surface area contributed by atoms with E-state index in [1.807, 2.05) is 0 Å². The molecule has 2 aromatic rings. The fourth-order valence-corrected chi connectivity index (χ4v) is 2.70. The number of hydrogen-bond donors (Lipinski definition) is 1. The Labute approximate surface area is 141 Å². The van der Waals surface area contributed by atoms with Crippen molar-refractivity contribution in [2.75, 3.05) is 19.0 Å². The first-order valence-corrected chi connectivity index (χ1v) is 7.74. The van der Waals surface area contributed by atoms with Crippen molar-refractivity contribution in [3.8, 4) is 5.75 Å². The molecule has 1 aromatic carbocycles. The summed E-state index contributed by atoms with van der Waals surface area (Å²) >= 11 is 1.12. The van der Waals surface area contributed by atoms with E-state index < -0.39 is 16.8 Å². The van der Waals surface area contributed by atoms with Crippen molar-refractivity contribution in [1.82, 2.24) is 0 Å². The van der Waals surface area contributed by atoms with Gasteiger partial charge in [0, 0.05) is 11.6 Å². The fourth-order valence-electron chi connectivity index (χ4n) is 1.93. The van der Waals surface area contributed by atoms with Gasteiger partial charge in [-0.3, -0.25) is 14.9 Å². The van der Waals surface area contributed by atoms with Crippen molar-refractivity contribution in [1.29, 1.82) is 0 Å². The van der Waals surface area contributed by atoms with Gasteiger partial charge in [0.1, 0.15) is 4.88 Å². The molecule has 0 saturated carbocycles. The highest BCUT2D eigenvalue weighted by molar-refractivity contribution is 7.12. The molecule has 0 unspecified atom stereocenters. The molecule has 1 N–H and O–H groups in total. The van der Waals surface area contributed by atoms with Crippen LogP contribution in [0, 0.1) is 10.1 Å². The van der Waals surface area contributed by atoms with Gasteiger partial charge in [-0.15, -0.1) is 11.3 Å². The minimum atomic E-state index is -0.619. The van der Waals surface area contributed by atoms with Crippen LogP contribution in [0.25, 0.3) is 0 Å². The van der Waals surface area contributed by atoms with Crippen molar-refractivity contribution >= 4 is 34.6 Å². The molecule has 2 rings (SSSR count). The number of methoxy groups -OCH3 is 1. The van der Waals surface area contributed by atoms with Crippen molar-refractivity contribution < 1.29 is 24.0 Å². The van der Waals surface area contributed by atoms with E-state index in [0.717, 1.165) is 17.4 Å². The Bertz CT molecular complexity index is 786. The van der Waals surface area contributed by atoms with Crippen molar-refractivity contribution in [2.24, 2.45) is 0 Å². The normalized spacial score (nSPS) is 10.1. The highest BCUT2D eigenvalue weighted by Crippen LogP contribution is 2.29. The van der Waals surface area contributed by atoms with Crippen LogP contribution in [0.15, 0.2) is 29.6 Å². The molecule has 1 aromatic heterocycles. The third kappa shape index (κ3) is 3.69. The summed E-state index contributed by atoms with van der Waals surface area (Å²) in [5.74, 6) is -1.06. The Hall–Kier alpha value is -2.94. The maximum Gasteiger partial charge on any atom is 0.350 e. The molecule has 0 fully saturated rings. The zero-order valence-corrected chi connectivity index (χ0v) is 13.7. The molecule has 0 aliphatic heterocycles. The number of anilines is 1. The number of amides is 1. The number of esters is 1. The quantitative estimate of drug-likeness (QED) is 0.487. The molecule has 126 valence electrons. The minimum absolute atomic E-state index is 0.0761. The number of nitrogens with one attached hydrogen (secondary N) is 1. The van der Waals surface area contributed by atoms with Crippen LogP contribution in [0.3, 0.4) is 0 Å². The van der Waals surface area contributed by atoms with Crippen LogP contribution in [0.4, 0.5) is 11.4 Å². The van der Waals surface area contributed by atoms with Gasteiger partial charge in [-0.25, -0.2) is 4.79 Å². The third-order valence-corrected chi connectivity index (χ3v) is 3.90. The number of nitro benzene ring substituents is 1. The molecule has 0 saturated heterocycles. The van der Waals surface area contributed by atoms with E-state index in [-0.39, 0.29) is 34.2 Å². The summed E-state index contributed by atoms with van der Waals surface area (Å²) in [4.78, 5) is 34.6. The van der Waals surface area contributed by atoms with E-state index in [1.165, 1.54) is 19.2 Å². The van der Waals surface area contributed by atoms with Crippen LogP contribution in [0.1, 0.15) is 27.0 Å². The lowest BCUT2D eigenvalue weighted by Gasteiger charge is -2.08. The minimum Gasteiger partial charge on any atom is -0.487 e.